The molecule has 0 aliphatic rings. The maximum atomic E-state index is 10.1. The summed E-state index contributed by atoms with van der Waals surface area (Å²) in [4.78, 5) is 4.49. The van der Waals surface area contributed by atoms with Crippen LogP contribution in [0.3, 0.4) is 0 Å². The first-order chi connectivity index (χ1) is 8.56. The summed E-state index contributed by atoms with van der Waals surface area (Å²) in [5, 5.41) is 10.8. The number of hydrogen-bond donors (Lipinski definition) is 2. The Morgan fingerprint density at radius 2 is 2.17 bits per heavy atom. The fraction of sp³-hybridized carbons (Fsp3) is 0.462. The quantitative estimate of drug-likeness (QED) is 0.895. The van der Waals surface area contributed by atoms with E-state index >= 15 is 0 Å². The minimum absolute atomic E-state index is 0.178. The number of hydrogen-bond acceptors (Lipinski definition) is 3. The van der Waals surface area contributed by atoms with Gasteiger partial charge < -0.3 is 15.4 Å². The van der Waals surface area contributed by atoms with Crippen LogP contribution in [0.4, 0.5) is 0 Å². The van der Waals surface area contributed by atoms with Crippen LogP contribution < -0.4 is 5.73 Å². The Bertz CT molecular complexity index is 550. The normalized spacial score (nSPS) is 13.4. The molecule has 1 heterocycles. The molecule has 2 rings (SSSR count). The predicted octanol–water partition coefficient (Wildman–Crippen LogP) is 2.65. The molecule has 0 amide bonds. The summed E-state index contributed by atoms with van der Waals surface area (Å²) < 4.78 is 1.98. The second-order valence-electron chi connectivity index (χ2n) is 4.63. The summed E-state index contributed by atoms with van der Waals surface area (Å²) in [5.74, 6) is 0.638. The molecule has 18 heavy (non-hydrogen) atoms. The van der Waals surface area contributed by atoms with E-state index in [1.54, 1.807) is 0 Å². The Hall–Kier alpha value is -1.10. The number of fused-ring (bicyclic) bond motifs is 1. The van der Waals surface area contributed by atoms with Crippen molar-refractivity contribution < 1.29 is 5.11 Å². The summed E-state index contributed by atoms with van der Waals surface area (Å²) >= 11 is 6.23. The van der Waals surface area contributed by atoms with E-state index in [-0.39, 0.29) is 6.04 Å². The van der Waals surface area contributed by atoms with E-state index in [9.17, 15) is 5.11 Å². The molecular weight excluding hydrogens is 250 g/mol. The van der Waals surface area contributed by atoms with Gasteiger partial charge in [-0.25, -0.2) is 4.98 Å². The van der Waals surface area contributed by atoms with Crippen LogP contribution >= 0.6 is 11.6 Å². The fourth-order valence-corrected chi connectivity index (χ4v) is 2.43. The van der Waals surface area contributed by atoms with Crippen molar-refractivity contribution in [3.8, 4) is 0 Å². The maximum Gasteiger partial charge on any atom is 0.139 e. The lowest BCUT2D eigenvalue weighted by atomic mass is 10.2. The predicted molar refractivity (Wildman–Crippen MR) is 73.8 cm³/mol. The number of nitrogens with zero attached hydrogens (tertiary/aromatic N) is 2. The molecule has 0 saturated heterocycles. The molecule has 0 aliphatic heterocycles. The molecule has 0 radical (unpaired) electrons. The summed E-state index contributed by atoms with van der Waals surface area (Å²) in [5.41, 5.74) is 7.18. The van der Waals surface area contributed by atoms with Crippen LogP contribution in [-0.4, -0.2) is 21.2 Å². The molecule has 3 N–H and O–H groups in total. The molecule has 5 heteroatoms. The smallest absolute Gasteiger partial charge is 0.139 e. The van der Waals surface area contributed by atoms with Crippen LogP contribution in [-0.2, 0) is 0 Å². The first kappa shape index (κ1) is 13.3. The summed E-state index contributed by atoms with van der Waals surface area (Å²) in [6, 6.07) is 5.78. The van der Waals surface area contributed by atoms with E-state index in [2.05, 4.69) is 4.98 Å². The van der Waals surface area contributed by atoms with E-state index in [0.717, 1.165) is 11.0 Å². The molecule has 98 valence electrons. The number of aliphatic hydroxyl groups is 1. The van der Waals surface area contributed by atoms with Gasteiger partial charge in [0, 0.05) is 6.04 Å². The second-order valence-corrected chi connectivity index (χ2v) is 5.04. The van der Waals surface area contributed by atoms with Gasteiger partial charge in [-0.2, -0.15) is 0 Å². The van der Waals surface area contributed by atoms with Crippen LogP contribution in [0.1, 0.15) is 38.2 Å². The van der Waals surface area contributed by atoms with Gasteiger partial charge in [-0.15, -0.1) is 0 Å². The number of rotatable bonds is 4. The standard InChI is InChI=1S/C13H18ClN3O/c1-8(2)17-12-9(14)4-3-5-10(12)16-13(17)11(18)6-7-15/h3-5,8,11,18H,6-7,15H2,1-2H3. The first-order valence-electron chi connectivity index (χ1n) is 6.10. The molecule has 0 spiro atoms. The lowest BCUT2D eigenvalue weighted by Crippen LogP contribution is -2.14. The van der Waals surface area contributed by atoms with Gasteiger partial charge in [0.25, 0.3) is 0 Å². The molecule has 0 aliphatic carbocycles. The minimum atomic E-state index is -0.652. The lowest BCUT2D eigenvalue weighted by Gasteiger charge is -2.16. The Balaban J connectivity index is 2.66. The van der Waals surface area contributed by atoms with Crippen molar-refractivity contribution >= 4 is 22.6 Å². The van der Waals surface area contributed by atoms with Gasteiger partial charge in [0.15, 0.2) is 0 Å². The van der Waals surface area contributed by atoms with Gasteiger partial charge in [-0.3, -0.25) is 0 Å². The van der Waals surface area contributed by atoms with E-state index in [4.69, 9.17) is 17.3 Å². The number of para-hydroxylation sites is 1. The Morgan fingerprint density at radius 1 is 1.44 bits per heavy atom. The van der Waals surface area contributed by atoms with Gasteiger partial charge in [-0.05, 0) is 38.9 Å². The fourth-order valence-electron chi connectivity index (χ4n) is 2.17. The van der Waals surface area contributed by atoms with Crippen LogP contribution in [0, 0.1) is 0 Å². The third kappa shape index (κ3) is 2.23. The average Bonchev–Trinajstić information content (AvgIpc) is 2.70. The highest BCUT2D eigenvalue weighted by Gasteiger charge is 2.20. The molecule has 2 aromatic rings. The summed E-state index contributed by atoms with van der Waals surface area (Å²) in [7, 11) is 0. The molecule has 1 aromatic heterocycles. The van der Waals surface area contributed by atoms with Crippen molar-refractivity contribution in [1.29, 1.82) is 0 Å². The van der Waals surface area contributed by atoms with E-state index < -0.39 is 6.10 Å². The third-order valence-corrected chi connectivity index (χ3v) is 3.25. The van der Waals surface area contributed by atoms with Crippen LogP contribution in [0.15, 0.2) is 18.2 Å². The SMILES string of the molecule is CC(C)n1c(C(O)CCN)nc2cccc(Cl)c21. The van der Waals surface area contributed by atoms with Gasteiger partial charge in [0.1, 0.15) is 11.9 Å². The molecule has 4 nitrogen and oxygen atoms in total. The molecular formula is C13H18ClN3O. The first-order valence-corrected chi connectivity index (χ1v) is 6.48. The van der Waals surface area contributed by atoms with Gasteiger partial charge in [-0.1, -0.05) is 17.7 Å². The van der Waals surface area contributed by atoms with Crippen LogP contribution in [0.25, 0.3) is 11.0 Å². The number of aromatic nitrogens is 2. The zero-order valence-corrected chi connectivity index (χ0v) is 11.4. The van der Waals surface area contributed by atoms with E-state index in [1.165, 1.54) is 0 Å². The van der Waals surface area contributed by atoms with Crippen molar-refractivity contribution in [2.24, 2.45) is 5.73 Å². The molecule has 1 unspecified atom stereocenters. The monoisotopic (exact) mass is 267 g/mol. The third-order valence-electron chi connectivity index (χ3n) is 2.94. The average molecular weight is 268 g/mol. The molecule has 0 fully saturated rings. The molecule has 1 aromatic carbocycles. The van der Waals surface area contributed by atoms with Crippen molar-refractivity contribution in [1.82, 2.24) is 9.55 Å². The van der Waals surface area contributed by atoms with E-state index in [1.807, 2.05) is 36.6 Å². The number of imidazole rings is 1. The van der Waals surface area contributed by atoms with Crippen molar-refractivity contribution in [2.75, 3.05) is 6.54 Å². The number of halogens is 1. The van der Waals surface area contributed by atoms with Gasteiger partial charge >= 0.3 is 0 Å². The second kappa shape index (κ2) is 5.26. The van der Waals surface area contributed by atoms with Crippen LogP contribution in [0.2, 0.25) is 5.02 Å². The van der Waals surface area contributed by atoms with Crippen molar-refractivity contribution in [3.63, 3.8) is 0 Å². The van der Waals surface area contributed by atoms with Crippen molar-refractivity contribution in [3.05, 3.63) is 29.0 Å². The Labute approximate surface area is 111 Å². The molecule has 0 saturated carbocycles. The van der Waals surface area contributed by atoms with E-state index in [0.29, 0.717) is 23.8 Å². The highest BCUT2D eigenvalue weighted by Crippen LogP contribution is 2.30. The minimum Gasteiger partial charge on any atom is -0.385 e. The Morgan fingerprint density at radius 3 is 2.78 bits per heavy atom. The number of aliphatic hydroxyl groups excluding tert-OH is 1. The van der Waals surface area contributed by atoms with Crippen molar-refractivity contribution in [2.45, 2.75) is 32.4 Å². The number of benzene rings is 1. The highest BCUT2D eigenvalue weighted by atomic mass is 35.5. The van der Waals surface area contributed by atoms with Gasteiger partial charge in [0.2, 0.25) is 0 Å². The molecule has 1 atom stereocenters. The zero-order chi connectivity index (χ0) is 13.3. The van der Waals surface area contributed by atoms with Gasteiger partial charge in [0.05, 0.1) is 16.1 Å². The Kier molecular flexibility index (Phi) is 3.90. The summed E-state index contributed by atoms with van der Waals surface area (Å²) in [6.07, 6.45) is -0.158. The largest absolute Gasteiger partial charge is 0.385 e. The number of nitrogens with two attached hydrogens (primary N) is 1. The zero-order valence-electron chi connectivity index (χ0n) is 10.6. The maximum absolute atomic E-state index is 10.1. The van der Waals surface area contributed by atoms with Crippen LogP contribution in [0.5, 0.6) is 0 Å². The lowest BCUT2D eigenvalue weighted by molar-refractivity contribution is 0.155. The highest BCUT2D eigenvalue weighted by molar-refractivity contribution is 6.35. The summed E-state index contributed by atoms with van der Waals surface area (Å²) in [6.45, 7) is 4.52. The topological polar surface area (TPSA) is 64.1 Å². The molecule has 0 bridgehead atoms.